The fraction of sp³-hybridized carbons (Fsp3) is 0.462. The van der Waals surface area contributed by atoms with Gasteiger partial charge in [-0.3, -0.25) is 4.79 Å². The number of hydrogen-bond donors (Lipinski definition) is 2. The Morgan fingerprint density at radius 1 is 1.50 bits per heavy atom. The van der Waals surface area contributed by atoms with E-state index in [2.05, 4.69) is 5.32 Å². The van der Waals surface area contributed by atoms with E-state index in [4.69, 9.17) is 10.5 Å². The van der Waals surface area contributed by atoms with Crippen molar-refractivity contribution in [3.8, 4) is 5.75 Å². The third-order valence-corrected chi connectivity index (χ3v) is 2.32. The number of benzene rings is 1. The molecule has 18 heavy (non-hydrogen) atoms. The average molecular weight is 251 g/mol. The normalized spacial score (nSPS) is 12.3. The van der Waals surface area contributed by atoms with Crippen LogP contribution in [-0.2, 0) is 4.79 Å². The molecule has 1 rings (SSSR count). The molecule has 0 aliphatic carbocycles. The number of hydrogen-bond acceptors (Lipinski definition) is 4. The van der Waals surface area contributed by atoms with Gasteiger partial charge in [-0.15, -0.1) is 0 Å². The lowest BCUT2D eigenvalue weighted by Crippen LogP contribution is -2.32. The van der Waals surface area contributed by atoms with E-state index in [1.807, 2.05) is 31.1 Å². The van der Waals surface area contributed by atoms with E-state index in [0.717, 1.165) is 12.3 Å². The Labute approximate surface area is 108 Å². The summed E-state index contributed by atoms with van der Waals surface area (Å²) in [5.41, 5.74) is 6.18. The maximum atomic E-state index is 11.4. The van der Waals surface area contributed by atoms with Gasteiger partial charge in [-0.1, -0.05) is 6.07 Å². The quantitative estimate of drug-likeness (QED) is 0.788. The van der Waals surface area contributed by atoms with Gasteiger partial charge in [-0.25, -0.2) is 0 Å². The van der Waals surface area contributed by atoms with E-state index in [0.29, 0.717) is 12.3 Å². The highest BCUT2D eigenvalue weighted by Gasteiger charge is 2.07. The van der Waals surface area contributed by atoms with Gasteiger partial charge >= 0.3 is 0 Å². The maximum Gasteiger partial charge on any atom is 0.241 e. The highest BCUT2D eigenvalue weighted by Crippen LogP contribution is 2.17. The lowest BCUT2D eigenvalue weighted by atomic mass is 10.2. The van der Waals surface area contributed by atoms with Crippen LogP contribution < -0.4 is 15.8 Å². The lowest BCUT2D eigenvalue weighted by molar-refractivity contribution is -0.117. The Balaban J connectivity index is 2.54. The van der Waals surface area contributed by atoms with Gasteiger partial charge in [0.2, 0.25) is 5.91 Å². The van der Waals surface area contributed by atoms with Crippen molar-refractivity contribution in [1.29, 1.82) is 0 Å². The highest BCUT2D eigenvalue weighted by atomic mass is 16.5. The average Bonchev–Trinajstić information content (AvgIpc) is 2.28. The second-order valence-electron chi connectivity index (χ2n) is 4.46. The first kappa shape index (κ1) is 14.5. The molecule has 1 atom stereocenters. The molecule has 0 saturated carbocycles. The third-order valence-electron chi connectivity index (χ3n) is 2.32. The molecule has 1 unspecified atom stereocenters. The number of anilines is 1. The summed E-state index contributed by atoms with van der Waals surface area (Å²) < 4.78 is 5.58. The molecule has 5 heteroatoms. The molecule has 0 saturated heterocycles. The summed E-state index contributed by atoms with van der Waals surface area (Å²) in [4.78, 5) is 13.5. The van der Waals surface area contributed by atoms with Crippen molar-refractivity contribution < 1.29 is 9.53 Å². The van der Waals surface area contributed by atoms with Crippen molar-refractivity contribution in [2.75, 3.05) is 32.6 Å². The van der Waals surface area contributed by atoms with E-state index < -0.39 is 6.04 Å². The summed E-state index contributed by atoms with van der Waals surface area (Å²) in [6.07, 6.45) is 0. The number of carbonyl (C=O) groups excluding carboxylic acids is 1. The first-order chi connectivity index (χ1) is 8.49. The number of likely N-dealkylation sites (N-methyl/N-ethyl adjacent to an activating group) is 1. The van der Waals surface area contributed by atoms with E-state index in [9.17, 15) is 4.79 Å². The van der Waals surface area contributed by atoms with Gasteiger partial charge in [0.25, 0.3) is 0 Å². The van der Waals surface area contributed by atoms with Gasteiger partial charge in [0.1, 0.15) is 12.4 Å². The molecule has 1 aromatic rings. The molecule has 0 fully saturated rings. The minimum atomic E-state index is -0.525. The first-order valence-electron chi connectivity index (χ1n) is 5.93. The van der Waals surface area contributed by atoms with Crippen molar-refractivity contribution in [3.05, 3.63) is 24.3 Å². The fourth-order valence-corrected chi connectivity index (χ4v) is 1.27. The van der Waals surface area contributed by atoms with Crippen molar-refractivity contribution in [3.63, 3.8) is 0 Å². The Hall–Kier alpha value is -1.59. The van der Waals surface area contributed by atoms with Crippen LogP contribution in [0.3, 0.4) is 0 Å². The maximum absolute atomic E-state index is 11.4. The molecule has 0 bridgehead atoms. The number of nitrogens with zero attached hydrogens (tertiary/aromatic N) is 1. The summed E-state index contributed by atoms with van der Waals surface area (Å²) in [7, 11) is 3.98. The summed E-state index contributed by atoms with van der Waals surface area (Å²) in [5.74, 6) is 0.528. The van der Waals surface area contributed by atoms with E-state index in [1.165, 1.54) is 0 Å². The topological polar surface area (TPSA) is 67.6 Å². The molecule has 0 aliphatic rings. The molecule has 5 nitrogen and oxygen atoms in total. The number of rotatable bonds is 6. The number of nitrogens with one attached hydrogen (secondary N) is 1. The van der Waals surface area contributed by atoms with Crippen LogP contribution in [0.2, 0.25) is 0 Å². The molecule has 3 N–H and O–H groups in total. The largest absolute Gasteiger partial charge is 0.492 e. The van der Waals surface area contributed by atoms with Crippen LogP contribution in [0, 0.1) is 0 Å². The van der Waals surface area contributed by atoms with Crippen molar-refractivity contribution >= 4 is 11.6 Å². The van der Waals surface area contributed by atoms with Crippen molar-refractivity contribution in [2.45, 2.75) is 13.0 Å². The zero-order valence-corrected chi connectivity index (χ0v) is 11.1. The predicted molar refractivity (Wildman–Crippen MR) is 72.8 cm³/mol. The minimum absolute atomic E-state index is 0.208. The molecule has 0 heterocycles. The van der Waals surface area contributed by atoms with Gasteiger partial charge < -0.3 is 20.7 Å². The van der Waals surface area contributed by atoms with Crippen LogP contribution in [0.25, 0.3) is 0 Å². The van der Waals surface area contributed by atoms with E-state index in [-0.39, 0.29) is 5.91 Å². The summed E-state index contributed by atoms with van der Waals surface area (Å²) in [6.45, 7) is 3.10. The molecule has 0 radical (unpaired) electrons. The van der Waals surface area contributed by atoms with E-state index >= 15 is 0 Å². The Kier molecular flexibility index (Phi) is 5.61. The SMILES string of the molecule is CC(N)C(=O)Nc1cccc(OCCN(C)C)c1. The van der Waals surface area contributed by atoms with Gasteiger partial charge in [-0.05, 0) is 33.2 Å². The van der Waals surface area contributed by atoms with Crippen LogP contribution in [-0.4, -0.2) is 44.1 Å². The van der Waals surface area contributed by atoms with Gasteiger partial charge in [-0.2, -0.15) is 0 Å². The van der Waals surface area contributed by atoms with Gasteiger partial charge in [0, 0.05) is 18.3 Å². The van der Waals surface area contributed by atoms with Crippen molar-refractivity contribution in [2.24, 2.45) is 5.73 Å². The second-order valence-corrected chi connectivity index (χ2v) is 4.46. The zero-order chi connectivity index (χ0) is 13.5. The Bertz CT molecular complexity index is 392. The molecule has 0 spiro atoms. The number of amides is 1. The zero-order valence-electron chi connectivity index (χ0n) is 11.1. The predicted octanol–water partition coefficient (Wildman–Crippen LogP) is 0.913. The fourth-order valence-electron chi connectivity index (χ4n) is 1.27. The second kappa shape index (κ2) is 6.98. The van der Waals surface area contributed by atoms with Crippen LogP contribution in [0.5, 0.6) is 5.75 Å². The summed E-state index contributed by atoms with van der Waals surface area (Å²) in [5, 5.41) is 2.73. The highest BCUT2D eigenvalue weighted by molar-refractivity contribution is 5.94. The molecular formula is C13H21N3O2. The van der Waals surface area contributed by atoms with Crippen LogP contribution in [0.15, 0.2) is 24.3 Å². The van der Waals surface area contributed by atoms with Gasteiger partial charge in [0.05, 0.1) is 6.04 Å². The van der Waals surface area contributed by atoms with Crippen LogP contribution >= 0.6 is 0 Å². The first-order valence-corrected chi connectivity index (χ1v) is 5.93. The molecule has 0 aromatic heterocycles. The van der Waals surface area contributed by atoms with Crippen LogP contribution in [0.4, 0.5) is 5.69 Å². The standard InChI is InChI=1S/C13H21N3O2/c1-10(14)13(17)15-11-5-4-6-12(9-11)18-8-7-16(2)3/h4-6,9-10H,7-8,14H2,1-3H3,(H,15,17). The number of nitrogens with two attached hydrogens (primary N) is 1. The Morgan fingerprint density at radius 2 is 2.22 bits per heavy atom. The molecule has 1 aromatic carbocycles. The van der Waals surface area contributed by atoms with E-state index in [1.54, 1.807) is 19.1 Å². The monoisotopic (exact) mass is 251 g/mol. The molecule has 100 valence electrons. The summed E-state index contributed by atoms with van der Waals surface area (Å²) >= 11 is 0. The molecule has 0 aliphatic heterocycles. The molecule has 1 amide bonds. The Morgan fingerprint density at radius 3 is 2.83 bits per heavy atom. The van der Waals surface area contributed by atoms with Crippen molar-refractivity contribution in [1.82, 2.24) is 4.90 Å². The number of ether oxygens (including phenoxy) is 1. The third kappa shape index (κ3) is 5.16. The minimum Gasteiger partial charge on any atom is -0.492 e. The van der Waals surface area contributed by atoms with Crippen LogP contribution in [0.1, 0.15) is 6.92 Å². The number of carbonyl (C=O) groups is 1. The van der Waals surface area contributed by atoms with Gasteiger partial charge in [0.15, 0.2) is 0 Å². The molecular weight excluding hydrogens is 230 g/mol. The lowest BCUT2D eigenvalue weighted by Gasteiger charge is -2.12. The summed E-state index contributed by atoms with van der Waals surface area (Å²) in [6, 6.07) is 6.76. The smallest absolute Gasteiger partial charge is 0.241 e.